The van der Waals surface area contributed by atoms with Crippen LogP contribution >= 0.6 is 0 Å². The number of Topliss-reactive ketones (excluding diaryl/α,β-unsaturated/α-hetero) is 1. The fourth-order valence-corrected chi connectivity index (χ4v) is 4.23. The first-order chi connectivity index (χ1) is 14.1. The molecule has 3 aliphatic rings. The first-order valence-electron chi connectivity index (χ1n) is 10.00. The molecule has 2 aromatic rings. The van der Waals surface area contributed by atoms with Crippen molar-refractivity contribution in [3.8, 4) is 0 Å². The summed E-state index contributed by atoms with van der Waals surface area (Å²) in [5.41, 5.74) is 0.948. The lowest BCUT2D eigenvalue weighted by Gasteiger charge is -2.35. The molecular weight excluding hydrogens is 370 g/mol. The van der Waals surface area contributed by atoms with Crippen molar-refractivity contribution < 1.29 is 14.7 Å². The summed E-state index contributed by atoms with van der Waals surface area (Å²) in [7, 11) is 0. The summed E-state index contributed by atoms with van der Waals surface area (Å²) in [6.07, 6.45) is 4.51. The number of rotatable bonds is 5. The van der Waals surface area contributed by atoms with Crippen LogP contribution in [0.3, 0.4) is 0 Å². The maximum absolute atomic E-state index is 13.1. The van der Waals surface area contributed by atoms with Gasteiger partial charge in [0, 0.05) is 37.7 Å². The second-order valence-corrected chi connectivity index (χ2v) is 8.20. The number of anilines is 3. The van der Waals surface area contributed by atoms with Gasteiger partial charge < -0.3 is 10.0 Å². The molecule has 2 aliphatic heterocycles. The molecule has 1 atom stereocenters. The smallest absolute Gasteiger partial charge is 0.329 e. The van der Waals surface area contributed by atoms with Crippen LogP contribution < -0.4 is 15.1 Å². The molecular formula is C21H23N5O3. The van der Waals surface area contributed by atoms with Crippen LogP contribution in [0.1, 0.15) is 36.2 Å². The fraction of sp³-hybridized carbons (Fsp3) is 0.429. The summed E-state index contributed by atoms with van der Waals surface area (Å²) < 4.78 is 0. The van der Waals surface area contributed by atoms with Gasteiger partial charge in [0.1, 0.15) is 11.5 Å². The van der Waals surface area contributed by atoms with E-state index in [4.69, 9.17) is 0 Å². The highest BCUT2D eigenvalue weighted by Crippen LogP contribution is 2.49. The zero-order valence-electron chi connectivity index (χ0n) is 16.0. The lowest BCUT2D eigenvalue weighted by molar-refractivity contribution is 0.0917. The zero-order valence-corrected chi connectivity index (χ0v) is 16.0. The van der Waals surface area contributed by atoms with Crippen molar-refractivity contribution in [2.24, 2.45) is 5.41 Å². The van der Waals surface area contributed by atoms with Crippen LogP contribution in [0.4, 0.5) is 22.1 Å². The number of urea groups is 1. The minimum Gasteiger partial charge on any atom is -0.396 e. The number of fused-ring (bicyclic) bond motifs is 4. The van der Waals surface area contributed by atoms with E-state index in [0.29, 0.717) is 23.8 Å². The summed E-state index contributed by atoms with van der Waals surface area (Å²) in [6.45, 7) is 1.64. The maximum Gasteiger partial charge on any atom is 0.329 e. The normalized spacial score (nSPS) is 20.9. The Hall–Kier alpha value is -3.00. The van der Waals surface area contributed by atoms with Gasteiger partial charge in [0.25, 0.3) is 0 Å². The molecule has 1 saturated carbocycles. The third-order valence-corrected chi connectivity index (χ3v) is 6.18. The van der Waals surface area contributed by atoms with E-state index in [1.165, 1.54) is 0 Å². The molecule has 2 N–H and O–H groups in total. The number of nitrogens with one attached hydrogen (secondary N) is 1. The Morgan fingerprint density at radius 1 is 1.24 bits per heavy atom. The molecule has 2 bridgehead atoms. The number of aliphatic hydroxyl groups is 1. The van der Waals surface area contributed by atoms with Crippen molar-refractivity contribution in [1.29, 1.82) is 0 Å². The third-order valence-electron chi connectivity index (χ3n) is 6.18. The van der Waals surface area contributed by atoms with Crippen LogP contribution in [0.15, 0.2) is 36.5 Å². The summed E-state index contributed by atoms with van der Waals surface area (Å²) >= 11 is 0. The SMILES string of the molecule is O=C(CC1(CO)CC1)c1ccc2c(n1)N(C(=O)Nc1ccccn1)[C@H]1CCN2C1. The predicted octanol–water partition coefficient (Wildman–Crippen LogP) is 2.45. The predicted molar refractivity (Wildman–Crippen MR) is 108 cm³/mol. The van der Waals surface area contributed by atoms with Crippen LogP contribution in [0.2, 0.25) is 0 Å². The van der Waals surface area contributed by atoms with Gasteiger partial charge in [-0.25, -0.2) is 14.8 Å². The van der Waals surface area contributed by atoms with E-state index in [9.17, 15) is 14.7 Å². The fourth-order valence-electron chi connectivity index (χ4n) is 4.23. The van der Waals surface area contributed by atoms with Crippen molar-refractivity contribution in [2.45, 2.75) is 31.7 Å². The van der Waals surface area contributed by atoms with E-state index < -0.39 is 0 Å². The van der Waals surface area contributed by atoms with Gasteiger partial charge in [0.15, 0.2) is 11.6 Å². The number of nitrogens with zero attached hydrogens (tertiary/aromatic N) is 4. The molecule has 5 rings (SSSR count). The van der Waals surface area contributed by atoms with E-state index in [2.05, 4.69) is 20.2 Å². The molecule has 150 valence electrons. The lowest BCUT2D eigenvalue weighted by Crippen LogP contribution is -2.48. The highest BCUT2D eigenvalue weighted by Gasteiger charge is 2.45. The van der Waals surface area contributed by atoms with E-state index >= 15 is 0 Å². The van der Waals surface area contributed by atoms with E-state index in [1.807, 2.05) is 12.1 Å². The van der Waals surface area contributed by atoms with Crippen LogP contribution in [-0.2, 0) is 0 Å². The van der Waals surface area contributed by atoms with Gasteiger partial charge in [0.2, 0.25) is 0 Å². The minimum atomic E-state index is -0.289. The monoisotopic (exact) mass is 393 g/mol. The highest BCUT2D eigenvalue weighted by molar-refractivity contribution is 6.05. The van der Waals surface area contributed by atoms with Crippen LogP contribution in [-0.4, -0.2) is 52.6 Å². The van der Waals surface area contributed by atoms with E-state index in [-0.39, 0.29) is 29.9 Å². The van der Waals surface area contributed by atoms with Gasteiger partial charge in [-0.1, -0.05) is 6.07 Å². The quantitative estimate of drug-likeness (QED) is 0.757. The topological polar surface area (TPSA) is 98.7 Å². The highest BCUT2D eigenvalue weighted by atomic mass is 16.3. The third kappa shape index (κ3) is 3.23. The Bertz CT molecular complexity index is 960. The van der Waals surface area contributed by atoms with Gasteiger partial charge in [0.05, 0.1) is 11.7 Å². The van der Waals surface area contributed by atoms with Crippen molar-refractivity contribution >= 4 is 29.1 Å². The number of aliphatic hydroxyl groups excluding tert-OH is 1. The van der Waals surface area contributed by atoms with Crippen LogP contribution in [0, 0.1) is 5.41 Å². The summed E-state index contributed by atoms with van der Waals surface area (Å²) in [5, 5.41) is 12.4. The molecule has 0 unspecified atom stereocenters. The van der Waals surface area contributed by atoms with Gasteiger partial charge in [-0.15, -0.1) is 0 Å². The molecule has 8 nitrogen and oxygen atoms in total. The first kappa shape index (κ1) is 18.1. The second-order valence-electron chi connectivity index (χ2n) is 8.20. The number of ketones is 1. The van der Waals surface area contributed by atoms with Gasteiger partial charge in [-0.2, -0.15) is 0 Å². The summed E-state index contributed by atoms with van der Waals surface area (Å²) in [5.74, 6) is 0.912. The molecule has 0 radical (unpaired) electrons. The Morgan fingerprint density at radius 2 is 2.10 bits per heavy atom. The Balaban J connectivity index is 1.45. The molecule has 8 heteroatoms. The molecule has 1 saturated heterocycles. The first-order valence-corrected chi connectivity index (χ1v) is 10.00. The summed E-state index contributed by atoms with van der Waals surface area (Å²) in [4.78, 5) is 38.5. The molecule has 2 fully saturated rings. The molecule has 1 aliphatic carbocycles. The minimum absolute atomic E-state index is 0.0104. The lowest BCUT2D eigenvalue weighted by atomic mass is 9.98. The average molecular weight is 393 g/mol. The molecule has 4 heterocycles. The number of aromatic nitrogens is 2. The van der Waals surface area contributed by atoms with E-state index in [1.54, 1.807) is 29.3 Å². The molecule has 2 amide bonds. The number of hydrogen-bond donors (Lipinski definition) is 2. The van der Waals surface area contributed by atoms with Gasteiger partial charge in [-0.05, 0) is 43.5 Å². The second kappa shape index (κ2) is 6.81. The van der Waals surface area contributed by atoms with Crippen molar-refractivity contribution in [1.82, 2.24) is 9.97 Å². The molecule has 2 aromatic heterocycles. The molecule has 0 spiro atoms. The summed E-state index contributed by atoms with van der Waals surface area (Å²) in [6, 6.07) is 8.69. The Kier molecular flexibility index (Phi) is 4.24. The maximum atomic E-state index is 13.1. The zero-order chi connectivity index (χ0) is 20.0. The average Bonchev–Trinajstić information content (AvgIpc) is 3.40. The molecule has 0 aromatic carbocycles. The Labute approximate surface area is 168 Å². The van der Waals surface area contributed by atoms with E-state index in [0.717, 1.165) is 38.0 Å². The van der Waals surface area contributed by atoms with Crippen molar-refractivity contribution in [3.05, 3.63) is 42.2 Å². The number of amides is 2. The number of carbonyl (C=O) groups excluding carboxylic acids is 2. The van der Waals surface area contributed by atoms with Crippen molar-refractivity contribution in [2.75, 3.05) is 34.8 Å². The van der Waals surface area contributed by atoms with Gasteiger partial charge >= 0.3 is 6.03 Å². The van der Waals surface area contributed by atoms with Gasteiger partial charge in [-0.3, -0.25) is 15.0 Å². The number of pyridine rings is 2. The van der Waals surface area contributed by atoms with Crippen LogP contribution in [0.25, 0.3) is 0 Å². The number of hydrogen-bond acceptors (Lipinski definition) is 6. The molecule has 29 heavy (non-hydrogen) atoms. The largest absolute Gasteiger partial charge is 0.396 e. The van der Waals surface area contributed by atoms with Crippen molar-refractivity contribution in [3.63, 3.8) is 0 Å². The Morgan fingerprint density at radius 3 is 2.83 bits per heavy atom. The standard InChI is InChI=1S/C21H23N5O3/c27-13-21(7-8-21)11-17(28)15-4-5-16-19(23-15)26(14-6-10-25(16)12-14)20(29)24-18-3-1-2-9-22-18/h1-5,9,14,27H,6-8,10-13H2,(H,22,24,29)/t14-/m0/s1. The van der Waals surface area contributed by atoms with Crippen LogP contribution in [0.5, 0.6) is 0 Å². The number of carbonyl (C=O) groups is 2.